The summed E-state index contributed by atoms with van der Waals surface area (Å²) in [5.41, 5.74) is 2.12. The molecule has 0 saturated carbocycles. The van der Waals surface area contributed by atoms with E-state index in [0.717, 1.165) is 0 Å². The van der Waals surface area contributed by atoms with Crippen molar-refractivity contribution in [1.82, 2.24) is 4.98 Å². The lowest BCUT2D eigenvalue weighted by atomic mass is 9.99. The average molecular weight is 302 g/mol. The lowest BCUT2D eigenvalue weighted by molar-refractivity contribution is 0.0697. The second kappa shape index (κ2) is 5.14. The van der Waals surface area contributed by atoms with Gasteiger partial charge in [-0.3, -0.25) is 4.98 Å². The molecule has 21 heavy (non-hydrogen) atoms. The van der Waals surface area contributed by atoms with Gasteiger partial charge in [-0.1, -0.05) is 23.7 Å². The molecule has 0 saturated heterocycles. The van der Waals surface area contributed by atoms with Crippen LogP contribution in [0, 0.1) is 5.82 Å². The number of fused-ring (bicyclic) bond motifs is 1. The highest BCUT2D eigenvalue weighted by Gasteiger charge is 2.12. The van der Waals surface area contributed by atoms with Gasteiger partial charge in [-0.25, -0.2) is 9.18 Å². The van der Waals surface area contributed by atoms with Gasteiger partial charge in [0.1, 0.15) is 5.82 Å². The number of benzene rings is 2. The third-order valence-corrected chi connectivity index (χ3v) is 3.49. The molecule has 0 aliphatic rings. The molecule has 5 heteroatoms. The predicted octanol–water partition coefficient (Wildman–Crippen LogP) is 4.39. The number of carbonyl (C=O) groups is 1. The summed E-state index contributed by atoms with van der Waals surface area (Å²) in [6.07, 6.45) is 1.50. The van der Waals surface area contributed by atoms with Crippen molar-refractivity contribution in [3.8, 4) is 11.1 Å². The van der Waals surface area contributed by atoms with Gasteiger partial charge in [0.15, 0.2) is 0 Å². The van der Waals surface area contributed by atoms with Crippen molar-refractivity contribution < 1.29 is 14.3 Å². The van der Waals surface area contributed by atoms with Crippen LogP contribution in [0.1, 0.15) is 10.4 Å². The summed E-state index contributed by atoms with van der Waals surface area (Å²) >= 11 is 6.21. The topological polar surface area (TPSA) is 50.2 Å². The van der Waals surface area contributed by atoms with Crippen molar-refractivity contribution in [2.45, 2.75) is 0 Å². The van der Waals surface area contributed by atoms with Gasteiger partial charge in [-0.15, -0.1) is 0 Å². The van der Waals surface area contributed by atoms with Crippen LogP contribution in [0.3, 0.4) is 0 Å². The molecule has 0 unspecified atom stereocenters. The first-order chi connectivity index (χ1) is 10.1. The van der Waals surface area contributed by atoms with Crippen LogP contribution in [0.2, 0.25) is 5.02 Å². The van der Waals surface area contributed by atoms with Gasteiger partial charge in [0.25, 0.3) is 0 Å². The molecule has 1 N–H and O–H groups in total. The minimum atomic E-state index is -1.03. The van der Waals surface area contributed by atoms with Crippen LogP contribution < -0.4 is 0 Å². The smallest absolute Gasteiger partial charge is 0.335 e. The van der Waals surface area contributed by atoms with E-state index in [-0.39, 0.29) is 11.4 Å². The van der Waals surface area contributed by atoms with E-state index >= 15 is 0 Å². The molecule has 3 rings (SSSR count). The highest BCUT2D eigenvalue weighted by Crippen LogP contribution is 2.34. The van der Waals surface area contributed by atoms with Gasteiger partial charge < -0.3 is 5.11 Å². The van der Waals surface area contributed by atoms with Gasteiger partial charge >= 0.3 is 5.97 Å². The Labute approximate surface area is 124 Å². The van der Waals surface area contributed by atoms with E-state index in [1.165, 1.54) is 30.5 Å². The van der Waals surface area contributed by atoms with Crippen LogP contribution in [-0.2, 0) is 0 Å². The zero-order valence-electron chi connectivity index (χ0n) is 10.7. The van der Waals surface area contributed by atoms with Crippen molar-refractivity contribution >= 4 is 28.5 Å². The molecule has 1 aromatic heterocycles. The van der Waals surface area contributed by atoms with Crippen LogP contribution in [0.4, 0.5) is 4.39 Å². The Hall–Kier alpha value is -2.46. The van der Waals surface area contributed by atoms with Gasteiger partial charge in [-0.05, 0) is 35.9 Å². The first-order valence-corrected chi connectivity index (χ1v) is 6.51. The molecule has 104 valence electrons. The number of carboxylic acids is 1. The molecule has 0 amide bonds. The molecule has 0 aliphatic carbocycles. The van der Waals surface area contributed by atoms with Crippen LogP contribution in [0.15, 0.2) is 48.7 Å². The lowest BCUT2D eigenvalue weighted by Crippen LogP contribution is -1.96. The van der Waals surface area contributed by atoms with Gasteiger partial charge in [0.05, 0.1) is 16.1 Å². The molecule has 2 aromatic carbocycles. The minimum absolute atomic E-state index is 0.148. The van der Waals surface area contributed by atoms with Gasteiger partial charge in [0.2, 0.25) is 0 Å². The van der Waals surface area contributed by atoms with Crippen LogP contribution in [0.5, 0.6) is 0 Å². The number of rotatable bonds is 2. The Balaban J connectivity index is 2.33. The fourth-order valence-corrected chi connectivity index (χ4v) is 2.47. The van der Waals surface area contributed by atoms with Crippen molar-refractivity contribution in [3.05, 3.63) is 65.1 Å². The molecule has 0 atom stereocenters. The number of aromatic carboxylic acids is 1. The molecule has 0 radical (unpaired) electrons. The SMILES string of the molecule is O=C(O)c1ccc2ncc(Cl)c(-c3ccc(F)cc3)c2c1. The van der Waals surface area contributed by atoms with Crippen LogP contribution in [0.25, 0.3) is 22.0 Å². The first-order valence-electron chi connectivity index (χ1n) is 6.14. The quantitative estimate of drug-likeness (QED) is 0.763. The molecule has 0 fully saturated rings. The molecule has 1 heterocycles. The van der Waals surface area contributed by atoms with Gasteiger partial charge in [0, 0.05) is 17.1 Å². The summed E-state index contributed by atoms with van der Waals surface area (Å²) in [6, 6.07) is 10.5. The summed E-state index contributed by atoms with van der Waals surface area (Å²) in [5.74, 6) is -1.37. The van der Waals surface area contributed by atoms with E-state index in [4.69, 9.17) is 16.7 Å². The number of halogens is 2. The molecule has 0 spiro atoms. The second-order valence-electron chi connectivity index (χ2n) is 4.53. The molecule has 3 aromatic rings. The summed E-state index contributed by atoms with van der Waals surface area (Å²) in [7, 11) is 0. The number of nitrogens with zero attached hydrogens (tertiary/aromatic N) is 1. The van der Waals surface area contributed by atoms with E-state index in [1.54, 1.807) is 18.2 Å². The highest BCUT2D eigenvalue weighted by molar-refractivity contribution is 6.34. The molecule has 3 nitrogen and oxygen atoms in total. The number of carboxylic acid groups (broad SMARTS) is 1. The van der Waals surface area contributed by atoms with E-state index in [1.807, 2.05) is 0 Å². The van der Waals surface area contributed by atoms with Crippen molar-refractivity contribution in [2.75, 3.05) is 0 Å². The number of aromatic nitrogens is 1. The standard InChI is InChI=1S/C16H9ClFNO2/c17-13-8-19-14-6-3-10(16(20)21)7-12(14)15(13)9-1-4-11(18)5-2-9/h1-8H,(H,20,21). The summed E-state index contributed by atoms with van der Waals surface area (Å²) < 4.78 is 13.1. The van der Waals surface area contributed by atoms with E-state index in [9.17, 15) is 9.18 Å². The van der Waals surface area contributed by atoms with E-state index in [2.05, 4.69) is 4.98 Å². The Morgan fingerprint density at radius 3 is 2.52 bits per heavy atom. The normalized spacial score (nSPS) is 10.8. The number of pyridine rings is 1. The van der Waals surface area contributed by atoms with Crippen LogP contribution >= 0.6 is 11.6 Å². The van der Waals surface area contributed by atoms with Gasteiger partial charge in [-0.2, -0.15) is 0 Å². The molecular formula is C16H9ClFNO2. The Kier molecular flexibility index (Phi) is 3.31. The summed E-state index contributed by atoms with van der Waals surface area (Å²) in [5, 5.41) is 10.1. The largest absolute Gasteiger partial charge is 0.478 e. The first kappa shape index (κ1) is 13.5. The second-order valence-corrected chi connectivity index (χ2v) is 4.93. The summed E-state index contributed by atoms with van der Waals surface area (Å²) in [6.45, 7) is 0. The maximum atomic E-state index is 13.1. The molecule has 0 bridgehead atoms. The van der Waals surface area contributed by atoms with Crippen molar-refractivity contribution in [3.63, 3.8) is 0 Å². The van der Waals surface area contributed by atoms with Crippen molar-refractivity contribution in [2.24, 2.45) is 0 Å². The molecule has 0 aliphatic heterocycles. The predicted molar refractivity (Wildman–Crippen MR) is 79.1 cm³/mol. The monoisotopic (exact) mass is 301 g/mol. The number of hydrogen-bond donors (Lipinski definition) is 1. The fraction of sp³-hybridized carbons (Fsp3) is 0. The Morgan fingerprint density at radius 1 is 1.14 bits per heavy atom. The maximum Gasteiger partial charge on any atom is 0.335 e. The zero-order chi connectivity index (χ0) is 15.0. The summed E-state index contributed by atoms with van der Waals surface area (Å²) in [4.78, 5) is 15.3. The lowest BCUT2D eigenvalue weighted by Gasteiger charge is -2.09. The Bertz CT molecular complexity index is 847. The highest BCUT2D eigenvalue weighted by atomic mass is 35.5. The van der Waals surface area contributed by atoms with Crippen LogP contribution in [-0.4, -0.2) is 16.1 Å². The third kappa shape index (κ3) is 2.45. The van der Waals surface area contributed by atoms with Crippen molar-refractivity contribution in [1.29, 1.82) is 0 Å². The van der Waals surface area contributed by atoms with E-state index in [0.29, 0.717) is 27.1 Å². The fourth-order valence-electron chi connectivity index (χ4n) is 2.21. The average Bonchev–Trinajstić information content (AvgIpc) is 2.48. The molecular weight excluding hydrogens is 293 g/mol. The third-order valence-electron chi connectivity index (χ3n) is 3.20. The number of hydrogen-bond acceptors (Lipinski definition) is 2. The maximum absolute atomic E-state index is 13.1. The Morgan fingerprint density at radius 2 is 1.86 bits per heavy atom. The minimum Gasteiger partial charge on any atom is -0.478 e. The van der Waals surface area contributed by atoms with E-state index < -0.39 is 5.97 Å². The zero-order valence-corrected chi connectivity index (χ0v) is 11.4.